The van der Waals surface area contributed by atoms with Crippen LogP contribution in [0.15, 0.2) is 40.8 Å². The molecule has 1 aromatic heterocycles. The second-order valence-electron chi connectivity index (χ2n) is 4.78. The van der Waals surface area contributed by atoms with E-state index in [0.717, 1.165) is 17.1 Å². The van der Waals surface area contributed by atoms with Gasteiger partial charge in [-0.3, -0.25) is 4.79 Å². The number of hydrogen-bond acceptors (Lipinski definition) is 3. The number of aryl methyl sites for hydroxylation is 1. The Morgan fingerprint density at radius 2 is 2.15 bits per heavy atom. The number of methoxy groups -OCH3 is 1. The Balaban J connectivity index is 2.06. The quantitative estimate of drug-likeness (QED) is 0.910. The van der Waals surface area contributed by atoms with E-state index in [2.05, 4.69) is 5.32 Å². The number of amides is 1. The molecule has 4 heteroatoms. The van der Waals surface area contributed by atoms with Crippen molar-refractivity contribution in [2.45, 2.75) is 26.5 Å². The normalized spacial score (nSPS) is 12.2. The lowest BCUT2D eigenvalue weighted by molar-refractivity contribution is 0.0934. The smallest absolute Gasteiger partial charge is 0.251 e. The summed E-state index contributed by atoms with van der Waals surface area (Å²) in [4.78, 5) is 12.2. The molecule has 1 atom stereocenters. The Kier molecular flexibility index (Phi) is 4.58. The number of benzene rings is 1. The molecule has 0 saturated heterocycles. The van der Waals surface area contributed by atoms with Gasteiger partial charge >= 0.3 is 0 Å². The number of carbonyl (C=O) groups is 1. The van der Waals surface area contributed by atoms with Crippen LogP contribution in [-0.4, -0.2) is 13.0 Å². The zero-order valence-electron chi connectivity index (χ0n) is 12.0. The van der Waals surface area contributed by atoms with E-state index in [-0.39, 0.29) is 11.9 Å². The highest BCUT2D eigenvalue weighted by Gasteiger charge is 2.14. The minimum absolute atomic E-state index is 0.121. The summed E-state index contributed by atoms with van der Waals surface area (Å²) in [6.07, 6.45) is 0. The highest BCUT2D eigenvalue weighted by Crippen LogP contribution is 2.16. The summed E-state index contributed by atoms with van der Waals surface area (Å²) in [7, 11) is 1.63. The summed E-state index contributed by atoms with van der Waals surface area (Å²) in [5.74, 6) is 1.47. The molecule has 0 aliphatic rings. The van der Waals surface area contributed by atoms with Crippen LogP contribution in [0.4, 0.5) is 0 Å². The van der Waals surface area contributed by atoms with E-state index < -0.39 is 0 Å². The maximum absolute atomic E-state index is 12.2. The van der Waals surface area contributed by atoms with Gasteiger partial charge in [0, 0.05) is 12.7 Å². The molecule has 1 N–H and O–H groups in total. The van der Waals surface area contributed by atoms with Gasteiger partial charge in [0.05, 0.1) is 12.6 Å². The number of rotatable bonds is 5. The first-order valence-corrected chi connectivity index (χ1v) is 6.55. The molecule has 0 bridgehead atoms. The highest BCUT2D eigenvalue weighted by atomic mass is 16.5. The van der Waals surface area contributed by atoms with E-state index >= 15 is 0 Å². The lowest BCUT2D eigenvalue weighted by Crippen LogP contribution is -2.26. The summed E-state index contributed by atoms with van der Waals surface area (Å²) >= 11 is 0. The molecule has 4 nitrogen and oxygen atoms in total. The van der Waals surface area contributed by atoms with Gasteiger partial charge in [-0.2, -0.15) is 0 Å². The van der Waals surface area contributed by atoms with Crippen molar-refractivity contribution in [3.8, 4) is 0 Å². The fraction of sp³-hybridized carbons (Fsp3) is 0.312. The van der Waals surface area contributed by atoms with E-state index in [9.17, 15) is 4.79 Å². The van der Waals surface area contributed by atoms with Gasteiger partial charge in [-0.1, -0.05) is 12.1 Å². The van der Waals surface area contributed by atoms with Crippen molar-refractivity contribution >= 4 is 5.91 Å². The molecule has 106 valence electrons. The average molecular weight is 273 g/mol. The Hall–Kier alpha value is -2.07. The molecule has 1 unspecified atom stereocenters. The monoisotopic (exact) mass is 273 g/mol. The molecule has 0 spiro atoms. The summed E-state index contributed by atoms with van der Waals surface area (Å²) in [5.41, 5.74) is 1.59. The van der Waals surface area contributed by atoms with Gasteiger partial charge in [0.25, 0.3) is 5.91 Å². The SMILES string of the molecule is COCc1cccc(C(=O)NC(C)c2ccc(C)o2)c1. The first kappa shape index (κ1) is 14.3. The Morgan fingerprint density at radius 3 is 2.80 bits per heavy atom. The zero-order valence-corrected chi connectivity index (χ0v) is 12.0. The molecule has 0 aliphatic carbocycles. The van der Waals surface area contributed by atoms with E-state index in [1.54, 1.807) is 13.2 Å². The Morgan fingerprint density at radius 1 is 1.35 bits per heavy atom. The van der Waals surface area contributed by atoms with Crippen molar-refractivity contribution in [3.05, 3.63) is 59.0 Å². The van der Waals surface area contributed by atoms with Crippen LogP contribution in [0.3, 0.4) is 0 Å². The van der Waals surface area contributed by atoms with Gasteiger partial charge in [-0.15, -0.1) is 0 Å². The summed E-state index contributed by atoms with van der Waals surface area (Å²) < 4.78 is 10.6. The van der Waals surface area contributed by atoms with E-state index in [0.29, 0.717) is 12.2 Å². The standard InChI is InChI=1S/C16H19NO3/c1-11-7-8-15(20-11)12(2)17-16(18)14-6-4-5-13(9-14)10-19-3/h4-9,12H,10H2,1-3H3,(H,17,18). The van der Waals surface area contributed by atoms with Gasteiger partial charge in [0.15, 0.2) is 0 Å². The van der Waals surface area contributed by atoms with Crippen LogP contribution in [0.2, 0.25) is 0 Å². The van der Waals surface area contributed by atoms with Gasteiger partial charge in [0.2, 0.25) is 0 Å². The molecule has 2 aromatic rings. The fourth-order valence-corrected chi connectivity index (χ4v) is 2.01. The van der Waals surface area contributed by atoms with Crippen LogP contribution < -0.4 is 5.32 Å². The van der Waals surface area contributed by atoms with Crippen molar-refractivity contribution in [3.63, 3.8) is 0 Å². The van der Waals surface area contributed by atoms with Gasteiger partial charge in [-0.25, -0.2) is 0 Å². The van der Waals surface area contributed by atoms with Crippen molar-refractivity contribution in [1.29, 1.82) is 0 Å². The molecular formula is C16H19NO3. The predicted octanol–water partition coefficient (Wildman–Crippen LogP) is 3.23. The molecular weight excluding hydrogens is 254 g/mol. The number of ether oxygens (including phenoxy) is 1. The van der Waals surface area contributed by atoms with Crippen molar-refractivity contribution in [2.24, 2.45) is 0 Å². The minimum Gasteiger partial charge on any atom is -0.464 e. The molecule has 0 fully saturated rings. The summed E-state index contributed by atoms with van der Waals surface area (Å²) in [6.45, 7) is 4.27. The molecule has 1 amide bonds. The van der Waals surface area contributed by atoms with Crippen LogP contribution in [0.5, 0.6) is 0 Å². The van der Waals surface area contributed by atoms with Crippen LogP contribution in [-0.2, 0) is 11.3 Å². The van der Waals surface area contributed by atoms with Crippen LogP contribution in [0, 0.1) is 6.92 Å². The predicted molar refractivity (Wildman–Crippen MR) is 76.5 cm³/mol. The third kappa shape index (κ3) is 3.48. The zero-order chi connectivity index (χ0) is 14.5. The molecule has 1 heterocycles. The largest absolute Gasteiger partial charge is 0.464 e. The molecule has 2 rings (SSSR count). The third-order valence-electron chi connectivity index (χ3n) is 3.04. The number of furan rings is 1. The second kappa shape index (κ2) is 6.39. The lowest BCUT2D eigenvalue weighted by atomic mass is 10.1. The van der Waals surface area contributed by atoms with Gasteiger partial charge < -0.3 is 14.5 Å². The third-order valence-corrected chi connectivity index (χ3v) is 3.04. The van der Waals surface area contributed by atoms with Crippen LogP contribution in [0.1, 0.15) is 40.4 Å². The van der Waals surface area contributed by atoms with E-state index in [1.165, 1.54) is 0 Å². The summed E-state index contributed by atoms with van der Waals surface area (Å²) in [6, 6.07) is 11.0. The van der Waals surface area contributed by atoms with Gasteiger partial charge in [0.1, 0.15) is 11.5 Å². The Labute approximate surface area is 118 Å². The van der Waals surface area contributed by atoms with Crippen molar-refractivity contribution in [1.82, 2.24) is 5.32 Å². The molecule has 1 aromatic carbocycles. The molecule has 0 saturated carbocycles. The maximum atomic E-state index is 12.2. The van der Waals surface area contributed by atoms with E-state index in [4.69, 9.17) is 9.15 Å². The van der Waals surface area contributed by atoms with Crippen molar-refractivity contribution in [2.75, 3.05) is 7.11 Å². The second-order valence-corrected chi connectivity index (χ2v) is 4.78. The molecule has 20 heavy (non-hydrogen) atoms. The fourth-order valence-electron chi connectivity index (χ4n) is 2.01. The maximum Gasteiger partial charge on any atom is 0.251 e. The highest BCUT2D eigenvalue weighted by molar-refractivity contribution is 5.94. The summed E-state index contributed by atoms with van der Waals surface area (Å²) in [5, 5.41) is 2.92. The minimum atomic E-state index is -0.165. The molecule has 0 aliphatic heterocycles. The average Bonchev–Trinajstić information content (AvgIpc) is 2.86. The van der Waals surface area contributed by atoms with Gasteiger partial charge in [-0.05, 0) is 43.7 Å². The molecule has 0 radical (unpaired) electrons. The van der Waals surface area contributed by atoms with Crippen LogP contribution >= 0.6 is 0 Å². The number of hydrogen-bond donors (Lipinski definition) is 1. The number of nitrogens with one attached hydrogen (secondary N) is 1. The first-order chi connectivity index (χ1) is 9.60. The number of carbonyl (C=O) groups excluding carboxylic acids is 1. The van der Waals surface area contributed by atoms with Crippen LogP contribution in [0.25, 0.3) is 0 Å². The lowest BCUT2D eigenvalue weighted by Gasteiger charge is -2.12. The van der Waals surface area contributed by atoms with E-state index in [1.807, 2.05) is 44.2 Å². The van der Waals surface area contributed by atoms with Crippen molar-refractivity contribution < 1.29 is 13.9 Å². The topological polar surface area (TPSA) is 51.5 Å². The first-order valence-electron chi connectivity index (χ1n) is 6.55. The Bertz CT molecular complexity index is 589.